The molecule has 1 N–H and O–H groups in total. The molecule has 1 heterocycles. The van der Waals surface area contributed by atoms with Gasteiger partial charge in [-0.1, -0.05) is 5.16 Å². The molecule has 0 radical (unpaired) electrons. The van der Waals surface area contributed by atoms with Crippen LogP contribution < -0.4 is 0 Å². The number of nitrogens with zero attached hydrogens (tertiary/aromatic N) is 2. The van der Waals surface area contributed by atoms with Gasteiger partial charge in [0.15, 0.2) is 29.1 Å². The Bertz CT molecular complexity index is 584. The Hall–Kier alpha value is -2.03. The molecule has 0 amide bonds. The van der Waals surface area contributed by atoms with Crippen molar-refractivity contribution in [3.8, 4) is 11.5 Å². The number of benzene rings is 1. The van der Waals surface area contributed by atoms with E-state index in [1.54, 1.807) is 0 Å². The van der Waals surface area contributed by atoms with Crippen LogP contribution in [0.15, 0.2) is 4.52 Å². The summed E-state index contributed by atoms with van der Waals surface area (Å²) < 4.78 is 69.4. The first-order valence-corrected chi connectivity index (χ1v) is 4.42. The second-order valence-corrected chi connectivity index (χ2v) is 3.12. The van der Waals surface area contributed by atoms with Crippen LogP contribution in [-0.2, 0) is 6.61 Å². The summed E-state index contributed by atoms with van der Waals surface area (Å²) in [5, 5.41) is 11.7. The van der Waals surface area contributed by atoms with E-state index >= 15 is 0 Å². The van der Waals surface area contributed by atoms with Gasteiger partial charge in [0.2, 0.25) is 5.82 Å². The van der Waals surface area contributed by atoms with Crippen LogP contribution in [0.3, 0.4) is 0 Å². The lowest BCUT2D eigenvalue weighted by Crippen LogP contribution is -2.04. The van der Waals surface area contributed by atoms with Crippen molar-refractivity contribution >= 4 is 0 Å². The largest absolute Gasteiger partial charge is 0.388 e. The molecule has 0 atom stereocenters. The van der Waals surface area contributed by atoms with Gasteiger partial charge in [-0.3, -0.25) is 0 Å². The Morgan fingerprint density at radius 2 is 1.39 bits per heavy atom. The molecule has 0 unspecified atom stereocenters. The molecular weight excluding hydrogens is 263 g/mol. The minimum absolute atomic E-state index is 0.353. The van der Waals surface area contributed by atoms with Crippen LogP contribution in [0.1, 0.15) is 5.82 Å². The molecule has 96 valence electrons. The smallest absolute Gasteiger partial charge is 0.264 e. The van der Waals surface area contributed by atoms with Crippen molar-refractivity contribution in [2.75, 3.05) is 0 Å². The molecule has 0 fully saturated rings. The third kappa shape index (κ3) is 1.72. The van der Waals surface area contributed by atoms with Crippen molar-refractivity contribution < 1.29 is 31.6 Å². The predicted octanol–water partition coefficient (Wildman–Crippen LogP) is 1.92. The summed E-state index contributed by atoms with van der Waals surface area (Å²) in [4.78, 5) is 3.27. The van der Waals surface area contributed by atoms with E-state index in [1.165, 1.54) is 0 Å². The lowest BCUT2D eigenvalue weighted by Gasteiger charge is -2.03. The number of rotatable bonds is 2. The van der Waals surface area contributed by atoms with E-state index in [0.717, 1.165) is 0 Å². The lowest BCUT2D eigenvalue weighted by molar-refractivity contribution is 0.264. The van der Waals surface area contributed by atoms with Crippen molar-refractivity contribution in [2.45, 2.75) is 6.61 Å². The lowest BCUT2D eigenvalue weighted by atomic mass is 10.1. The fourth-order valence-corrected chi connectivity index (χ4v) is 1.21. The van der Waals surface area contributed by atoms with E-state index in [-0.39, 0.29) is 5.82 Å². The second-order valence-electron chi connectivity index (χ2n) is 3.12. The van der Waals surface area contributed by atoms with Crippen LogP contribution in [0.2, 0.25) is 0 Å². The molecule has 2 aromatic rings. The summed E-state index contributed by atoms with van der Waals surface area (Å²) in [5.41, 5.74) is -1.33. The third-order valence-corrected chi connectivity index (χ3v) is 2.03. The number of halogens is 5. The SMILES string of the molecule is OCc1noc(-c2c(F)c(F)c(F)c(F)c2F)n1. The summed E-state index contributed by atoms with van der Waals surface area (Å²) in [6.07, 6.45) is 0. The van der Waals surface area contributed by atoms with Crippen molar-refractivity contribution in [1.29, 1.82) is 0 Å². The highest BCUT2D eigenvalue weighted by molar-refractivity contribution is 5.55. The van der Waals surface area contributed by atoms with Gasteiger partial charge in [0.05, 0.1) is 0 Å². The van der Waals surface area contributed by atoms with E-state index in [0.29, 0.717) is 0 Å². The monoisotopic (exact) mass is 266 g/mol. The highest BCUT2D eigenvalue weighted by Gasteiger charge is 2.29. The zero-order chi connectivity index (χ0) is 13.4. The molecule has 1 aromatic carbocycles. The topological polar surface area (TPSA) is 59.2 Å². The second kappa shape index (κ2) is 4.33. The molecular formula is C9H3F5N2O2. The Kier molecular flexibility index (Phi) is 2.99. The first-order valence-electron chi connectivity index (χ1n) is 4.42. The van der Waals surface area contributed by atoms with Crippen LogP contribution in [0.25, 0.3) is 11.5 Å². The maximum atomic E-state index is 13.3. The van der Waals surface area contributed by atoms with E-state index in [2.05, 4.69) is 14.7 Å². The first-order chi connectivity index (χ1) is 8.47. The van der Waals surface area contributed by atoms with Crippen LogP contribution in [0, 0.1) is 29.1 Å². The summed E-state index contributed by atoms with van der Waals surface area (Å²) in [7, 11) is 0. The average molecular weight is 266 g/mol. The summed E-state index contributed by atoms with van der Waals surface area (Å²) in [5.74, 6) is -11.9. The molecule has 0 bridgehead atoms. The van der Waals surface area contributed by atoms with Crippen LogP contribution >= 0.6 is 0 Å². The Morgan fingerprint density at radius 1 is 0.889 bits per heavy atom. The predicted molar refractivity (Wildman–Crippen MR) is 45.4 cm³/mol. The molecule has 0 aliphatic carbocycles. The maximum absolute atomic E-state index is 13.3. The van der Waals surface area contributed by atoms with Gasteiger partial charge in [-0.25, -0.2) is 22.0 Å². The van der Waals surface area contributed by atoms with Crippen molar-refractivity contribution in [1.82, 2.24) is 10.1 Å². The molecule has 0 aliphatic heterocycles. The third-order valence-electron chi connectivity index (χ3n) is 2.03. The van der Waals surface area contributed by atoms with Gasteiger partial charge in [0, 0.05) is 0 Å². The average Bonchev–Trinajstić information content (AvgIpc) is 2.83. The molecule has 18 heavy (non-hydrogen) atoms. The Balaban J connectivity index is 2.71. The molecule has 2 rings (SSSR count). The van der Waals surface area contributed by atoms with Crippen LogP contribution in [0.4, 0.5) is 22.0 Å². The maximum Gasteiger partial charge on any atom is 0.264 e. The summed E-state index contributed by atoms with van der Waals surface area (Å²) in [6.45, 7) is -0.709. The van der Waals surface area contributed by atoms with Gasteiger partial charge in [-0.15, -0.1) is 0 Å². The van der Waals surface area contributed by atoms with Crippen LogP contribution in [-0.4, -0.2) is 15.2 Å². The standard InChI is InChI=1S/C9H3F5N2O2/c10-4-3(9-15-2(1-17)16-18-9)5(11)7(13)8(14)6(4)12/h17H,1H2. The number of hydrogen-bond donors (Lipinski definition) is 1. The quantitative estimate of drug-likeness (QED) is 0.512. The number of aliphatic hydroxyl groups is 1. The fraction of sp³-hybridized carbons (Fsp3) is 0.111. The molecule has 0 saturated heterocycles. The van der Waals surface area contributed by atoms with Crippen molar-refractivity contribution in [2.24, 2.45) is 0 Å². The van der Waals surface area contributed by atoms with Crippen molar-refractivity contribution in [3.05, 3.63) is 34.9 Å². The molecule has 0 aliphatic rings. The zero-order valence-corrected chi connectivity index (χ0v) is 8.35. The molecule has 4 nitrogen and oxygen atoms in total. The minimum Gasteiger partial charge on any atom is -0.388 e. The Morgan fingerprint density at radius 3 is 1.83 bits per heavy atom. The first kappa shape index (κ1) is 12.4. The van der Waals surface area contributed by atoms with Gasteiger partial charge < -0.3 is 9.63 Å². The highest BCUT2D eigenvalue weighted by Crippen LogP contribution is 2.30. The minimum atomic E-state index is -2.28. The molecule has 0 spiro atoms. The number of aromatic nitrogens is 2. The van der Waals surface area contributed by atoms with E-state index in [1.807, 2.05) is 0 Å². The molecule has 1 aromatic heterocycles. The number of hydrogen-bond acceptors (Lipinski definition) is 4. The fourth-order valence-electron chi connectivity index (χ4n) is 1.21. The van der Waals surface area contributed by atoms with Crippen LogP contribution in [0.5, 0.6) is 0 Å². The van der Waals surface area contributed by atoms with E-state index in [9.17, 15) is 22.0 Å². The van der Waals surface area contributed by atoms with E-state index in [4.69, 9.17) is 5.11 Å². The summed E-state index contributed by atoms with van der Waals surface area (Å²) >= 11 is 0. The number of aliphatic hydroxyl groups excluding tert-OH is 1. The summed E-state index contributed by atoms with van der Waals surface area (Å²) in [6, 6.07) is 0. The normalized spacial score (nSPS) is 11.0. The van der Waals surface area contributed by atoms with Crippen molar-refractivity contribution in [3.63, 3.8) is 0 Å². The zero-order valence-electron chi connectivity index (χ0n) is 8.35. The van der Waals surface area contributed by atoms with Gasteiger partial charge in [0.25, 0.3) is 5.89 Å². The highest BCUT2D eigenvalue weighted by atomic mass is 19.2. The van der Waals surface area contributed by atoms with Gasteiger partial charge in [0.1, 0.15) is 12.2 Å². The van der Waals surface area contributed by atoms with Gasteiger partial charge in [-0.05, 0) is 0 Å². The van der Waals surface area contributed by atoms with E-state index < -0.39 is 47.1 Å². The van der Waals surface area contributed by atoms with Gasteiger partial charge >= 0.3 is 0 Å². The molecule has 0 saturated carbocycles. The molecule has 9 heteroatoms. The van der Waals surface area contributed by atoms with Gasteiger partial charge in [-0.2, -0.15) is 4.98 Å². The Labute approximate surface area is 95.7 Å².